The maximum atomic E-state index is 13.5. The van der Waals surface area contributed by atoms with Gasteiger partial charge in [-0.15, -0.1) is 0 Å². The van der Waals surface area contributed by atoms with E-state index in [2.05, 4.69) is 17.2 Å². The van der Waals surface area contributed by atoms with E-state index in [4.69, 9.17) is 0 Å². The fourth-order valence-electron chi connectivity index (χ4n) is 1.84. The van der Waals surface area contributed by atoms with Crippen LogP contribution in [0, 0.1) is 11.6 Å². The first-order valence-corrected chi connectivity index (χ1v) is 6.34. The van der Waals surface area contributed by atoms with Crippen molar-refractivity contribution in [3.8, 4) is 0 Å². The van der Waals surface area contributed by atoms with Gasteiger partial charge in [-0.2, -0.15) is 0 Å². The van der Waals surface area contributed by atoms with Crippen molar-refractivity contribution in [2.45, 2.75) is 26.4 Å². The standard InChI is InChI=1S/C14H17F2N3/c1-2-5-17-7-13-9-19(10-18-13)8-11-6-12(15)3-4-14(11)16/h3-4,6,9-10,17H,2,5,7-8H2,1H3. The smallest absolute Gasteiger partial charge is 0.128 e. The lowest BCUT2D eigenvalue weighted by atomic mass is 10.2. The van der Waals surface area contributed by atoms with E-state index in [-0.39, 0.29) is 6.54 Å². The van der Waals surface area contributed by atoms with Crippen LogP contribution in [-0.2, 0) is 13.1 Å². The summed E-state index contributed by atoms with van der Waals surface area (Å²) in [7, 11) is 0. The average molecular weight is 265 g/mol. The Labute approximate surface area is 111 Å². The lowest BCUT2D eigenvalue weighted by molar-refractivity contribution is 0.577. The van der Waals surface area contributed by atoms with Crippen LogP contribution in [0.4, 0.5) is 8.78 Å². The summed E-state index contributed by atoms with van der Waals surface area (Å²) < 4.78 is 28.3. The summed E-state index contributed by atoms with van der Waals surface area (Å²) in [5, 5.41) is 3.24. The van der Waals surface area contributed by atoms with E-state index < -0.39 is 11.6 Å². The van der Waals surface area contributed by atoms with E-state index in [1.165, 1.54) is 6.07 Å². The quantitative estimate of drug-likeness (QED) is 0.814. The van der Waals surface area contributed by atoms with Crippen molar-refractivity contribution < 1.29 is 8.78 Å². The third-order valence-corrected chi connectivity index (χ3v) is 2.78. The molecule has 0 atom stereocenters. The van der Waals surface area contributed by atoms with Crippen LogP contribution in [0.2, 0.25) is 0 Å². The molecule has 0 radical (unpaired) electrons. The molecule has 0 saturated carbocycles. The van der Waals surface area contributed by atoms with Crippen LogP contribution in [-0.4, -0.2) is 16.1 Å². The second-order valence-electron chi connectivity index (χ2n) is 4.45. The van der Waals surface area contributed by atoms with Crippen molar-refractivity contribution in [3.63, 3.8) is 0 Å². The molecule has 1 aromatic heterocycles. The highest BCUT2D eigenvalue weighted by Crippen LogP contribution is 2.11. The third kappa shape index (κ3) is 3.86. The Morgan fingerprint density at radius 2 is 2.16 bits per heavy atom. The first kappa shape index (κ1) is 13.7. The van der Waals surface area contributed by atoms with Gasteiger partial charge in [-0.05, 0) is 31.2 Å². The molecule has 0 aliphatic rings. The summed E-state index contributed by atoms with van der Waals surface area (Å²) in [5.41, 5.74) is 1.22. The summed E-state index contributed by atoms with van der Waals surface area (Å²) in [6, 6.07) is 3.47. The number of halogens is 2. The van der Waals surface area contributed by atoms with Crippen LogP contribution in [0.1, 0.15) is 24.6 Å². The number of hydrogen-bond donors (Lipinski definition) is 1. The molecule has 102 valence electrons. The van der Waals surface area contributed by atoms with Gasteiger partial charge < -0.3 is 9.88 Å². The molecule has 0 aliphatic heterocycles. The van der Waals surface area contributed by atoms with Crippen molar-refractivity contribution in [3.05, 3.63) is 53.6 Å². The number of nitrogens with zero attached hydrogens (tertiary/aromatic N) is 2. The zero-order chi connectivity index (χ0) is 13.7. The number of nitrogens with one attached hydrogen (secondary N) is 1. The fourth-order valence-corrected chi connectivity index (χ4v) is 1.84. The van der Waals surface area contributed by atoms with Gasteiger partial charge in [-0.1, -0.05) is 6.92 Å². The predicted molar refractivity (Wildman–Crippen MR) is 69.7 cm³/mol. The molecule has 1 heterocycles. The summed E-state index contributed by atoms with van der Waals surface area (Å²) in [4.78, 5) is 4.22. The Kier molecular flexibility index (Phi) is 4.63. The van der Waals surface area contributed by atoms with Crippen molar-refractivity contribution in [2.75, 3.05) is 6.54 Å². The van der Waals surface area contributed by atoms with E-state index in [0.717, 1.165) is 30.8 Å². The third-order valence-electron chi connectivity index (χ3n) is 2.78. The van der Waals surface area contributed by atoms with E-state index in [1.54, 1.807) is 10.9 Å². The molecule has 0 saturated heterocycles. The van der Waals surface area contributed by atoms with Crippen LogP contribution >= 0.6 is 0 Å². The first-order chi connectivity index (χ1) is 9.19. The van der Waals surface area contributed by atoms with Gasteiger partial charge in [0, 0.05) is 18.3 Å². The Morgan fingerprint density at radius 1 is 1.32 bits per heavy atom. The van der Waals surface area contributed by atoms with Gasteiger partial charge in [0.1, 0.15) is 11.6 Å². The number of aromatic nitrogens is 2. The molecule has 0 bridgehead atoms. The molecule has 0 amide bonds. The van der Waals surface area contributed by atoms with Crippen molar-refractivity contribution in [1.29, 1.82) is 0 Å². The number of imidazole rings is 1. The highest BCUT2D eigenvalue weighted by molar-refractivity contribution is 5.19. The van der Waals surface area contributed by atoms with Crippen LogP contribution in [0.3, 0.4) is 0 Å². The normalized spacial score (nSPS) is 10.9. The van der Waals surface area contributed by atoms with Gasteiger partial charge in [0.25, 0.3) is 0 Å². The van der Waals surface area contributed by atoms with Gasteiger partial charge in [0.15, 0.2) is 0 Å². The van der Waals surface area contributed by atoms with E-state index in [9.17, 15) is 8.78 Å². The Hall–Kier alpha value is -1.75. The van der Waals surface area contributed by atoms with Gasteiger partial charge in [-0.3, -0.25) is 0 Å². The zero-order valence-corrected chi connectivity index (χ0v) is 10.9. The largest absolute Gasteiger partial charge is 0.333 e. The van der Waals surface area contributed by atoms with Crippen LogP contribution in [0.25, 0.3) is 0 Å². The Bertz CT molecular complexity index is 537. The fraction of sp³-hybridized carbons (Fsp3) is 0.357. The van der Waals surface area contributed by atoms with Crippen LogP contribution in [0.5, 0.6) is 0 Å². The molecule has 0 spiro atoms. The molecule has 0 fully saturated rings. The number of hydrogen-bond acceptors (Lipinski definition) is 2. The van der Waals surface area contributed by atoms with Gasteiger partial charge >= 0.3 is 0 Å². The molecular weight excluding hydrogens is 248 g/mol. The molecule has 19 heavy (non-hydrogen) atoms. The van der Waals surface area contributed by atoms with Crippen LogP contribution < -0.4 is 5.32 Å². The van der Waals surface area contributed by atoms with Gasteiger partial charge in [-0.25, -0.2) is 13.8 Å². The van der Waals surface area contributed by atoms with Crippen molar-refractivity contribution in [2.24, 2.45) is 0 Å². The van der Waals surface area contributed by atoms with E-state index >= 15 is 0 Å². The second kappa shape index (κ2) is 6.43. The molecule has 0 unspecified atom stereocenters. The maximum Gasteiger partial charge on any atom is 0.128 e. The molecule has 3 nitrogen and oxygen atoms in total. The summed E-state index contributed by atoms with van der Waals surface area (Å²) in [6.45, 7) is 4.00. The summed E-state index contributed by atoms with van der Waals surface area (Å²) in [6.07, 6.45) is 4.54. The molecule has 1 N–H and O–H groups in total. The second-order valence-corrected chi connectivity index (χ2v) is 4.45. The minimum absolute atomic E-state index is 0.282. The zero-order valence-electron chi connectivity index (χ0n) is 10.9. The molecule has 5 heteroatoms. The minimum Gasteiger partial charge on any atom is -0.333 e. The number of rotatable bonds is 6. The van der Waals surface area contributed by atoms with Gasteiger partial charge in [0.05, 0.1) is 18.6 Å². The van der Waals surface area contributed by atoms with E-state index in [0.29, 0.717) is 12.1 Å². The van der Waals surface area contributed by atoms with E-state index in [1.807, 2.05) is 6.20 Å². The Balaban J connectivity index is 2.01. The van der Waals surface area contributed by atoms with Crippen molar-refractivity contribution >= 4 is 0 Å². The average Bonchev–Trinajstić information content (AvgIpc) is 2.82. The SMILES string of the molecule is CCCNCc1cn(Cc2cc(F)ccc2F)cn1. The lowest BCUT2D eigenvalue weighted by Crippen LogP contribution is -2.13. The Morgan fingerprint density at radius 3 is 2.95 bits per heavy atom. The molecule has 2 aromatic rings. The minimum atomic E-state index is -0.429. The monoisotopic (exact) mass is 265 g/mol. The topological polar surface area (TPSA) is 29.9 Å². The number of benzene rings is 1. The molecular formula is C14H17F2N3. The predicted octanol–water partition coefficient (Wildman–Crippen LogP) is 2.71. The van der Waals surface area contributed by atoms with Gasteiger partial charge in [0.2, 0.25) is 0 Å². The highest BCUT2D eigenvalue weighted by atomic mass is 19.1. The summed E-state index contributed by atoms with van der Waals surface area (Å²) >= 11 is 0. The molecule has 0 aliphatic carbocycles. The lowest BCUT2D eigenvalue weighted by Gasteiger charge is -2.04. The molecule has 1 aromatic carbocycles. The molecule has 2 rings (SSSR count). The maximum absolute atomic E-state index is 13.5. The highest BCUT2D eigenvalue weighted by Gasteiger charge is 2.05. The summed E-state index contributed by atoms with van der Waals surface area (Å²) in [5.74, 6) is -0.831. The first-order valence-electron chi connectivity index (χ1n) is 6.34. The van der Waals surface area contributed by atoms with Crippen molar-refractivity contribution in [1.82, 2.24) is 14.9 Å². The van der Waals surface area contributed by atoms with Crippen LogP contribution in [0.15, 0.2) is 30.7 Å².